The van der Waals surface area contributed by atoms with E-state index in [0.717, 1.165) is 5.56 Å². The Morgan fingerprint density at radius 2 is 1.69 bits per heavy atom. The van der Waals surface area contributed by atoms with Crippen molar-refractivity contribution >= 4 is 41.4 Å². The number of amides is 3. The van der Waals surface area contributed by atoms with E-state index in [-0.39, 0.29) is 26.1 Å². The average molecular weight is 506 g/mol. The first-order chi connectivity index (χ1) is 17.5. The number of carbonyl (C=O) groups is 5. The molecule has 0 aromatic heterocycles. The Labute approximate surface area is 212 Å². The Morgan fingerprint density at radius 1 is 1.06 bits per heavy atom. The van der Waals surface area contributed by atoms with Gasteiger partial charge in [-0.1, -0.05) is 26.0 Å². The lowest BCUT2D eigenvalue weighted by atomic mass is 10.0. The summed E-state index contributed by atoms with van der Waals surface area (Å²) >= 11 is 0. The van der Waals surface area contributed by atoms with E-state index in [1.807, 2.05) is 0 Å². The number of esters is 2. The smallest absolute Gasteiger partial charge is 0.328 e. The van der Waals surface area contributed by atoms with Gasteiger partial charge in [-0.25, -0.2) is 4.79 Å². The van der Waals surface area contributed by atoms with Gasteiger partial charge >= 0.3 is 11.9 Å². The number of ether oxygens (including phenoxy) is 2. The summed E-state index contributed by atoms with van der Waals surface area (Å²) in [5, 5.41) is 5.33. The first-order valence-corrected chi connectivity index (χ1v) is 11.7. The first kappa shape index (κ1) is 28.3. The molecule has 5 N–H and O–H groups in total. The summed E-state index contributed by atoms with van der Waals surface area (Å²) in [6.45, 7) is 6.23. The Balaban J connectivity index is 2.79. The predicted octanol–water partition coefficient (Wildman–Crippen LogP) is 0.930. The maximum absolute atomic E-state index is 13.0. The molecule has 11 heteroatoms. The van der Waals surface area contributed by atoms with Crippen molar-refractivity contribution in [1.82, 2.24) is 15.9 Å². The number of benzene rings is 1. The lowest BCUT2D eigenvalue weighted by Crippen LogP contribution is -2.55. The van der Waals surface area contributed by atoms with E-state index in [1.165, 1.54) is 12.2 Å². The molecular formula is C25H36N4O7. The van der Waals surface area contributed by atoms with Gasteiger partial charge in [-0.3, -0.25) is 19.2 Å². The van der Waals surface area contributed by atoms with E-state index in [9.17, 15) is 24.0 Å². The number of nitrogens with one attached hydrogen (secondary N) is 3. The first-order valence-electron chi connectivity index (χ1n) is 12.2. The van der Waals surface area contributed by atoms with E-state index >= 15 is 0 Å². The van der Waals surface area contributed by atoms with E-state index in [4.69, 9.17) is 16.6 Å². The zero-order valence-corrected chi connectivity index (χ0v) is 21.1. The van der Waals surface area contributed by atoms with Crippen LogP contribution < -0.4 is 21.7 Å². The highest BCUT2D eigenvalue weighted by molar-refractivity contribution is 5.95. The second-order valence-corrected chi connectivity index (χ2v) is 8.09. The zero-order chi connectivity index (χ0) is 28.0. The van der Waals surface area contributed by atoms with Crippen LogP contribution in [0.4, 0.5) is 5.69 Å². The quantitative estimate of drug-likeness (QED) is 0.165. The summed E-state index contributed by atoms with van der Waals surface area (Å²) in [5.74, 6) is -3.95. The highest BCUT2D eigenvalue weighted by Gasteiger charge is 2.30. The molecule has 1 aromatic carbocycles. The molecule has 0 aliphatic rings. The fraction of sp³-hybridized carbons (Fsp3) is 0.480. The molecule has 0 fully saturated rings. The van der Waals surface area contributed by atoms with Crippen molar-refractivity contribution in [3.8, 4) is 0 Å². The number of nitrogen functional groups attached to an aromatic ring is 1. The van der Waals surface area contributed by atoms with E-state index in [0.29, 0.717) is 11.0 Å². The predicted molar refractivity (Wildman–Crippen MR) is 134 cm³/mol. The summed E-state index contributed by atoms with van der Waals surface area (Å²) in [7, 11) is 0. The van der Waals surface area contributed by atoms with E-state index in [2.05, 4.69) is 10.6 Å². The lowest BCUT2D eigenvalue weighted by molar-refractivity contribution is -0.149. The normalized spacial score (nSPS) is 12.9. The molecule has 0 spiro atoms. The third kappa shape index (κ3) is 11.5. The minimum absolute atomic E-state index is 0.0632. The molecule has 3 amide bonds. The van der Waals surface area contributed by atoms with Crippen LogP contribution in [0.5, 0.6) is 0 Å². The van der Waals surface area contributed by atoms with Crippen molar-refractivity contribution in [2.24, 2.45) is 5.92 Å². The van der Waals surface area contributed by atoms with Crippen molar-refractivity contribution in [2.75, 3.05) is 25.5 Å². The Morgan fingerprint density at radius 3 is 2.28 bits per heavy atom. The van der Waals surface area contributed by atoms with Crippen LogP contribution in [0.3, 0.4) is 0 Å². The van der Waals surface area contributed by atoms with Gasteiger partial charge in [0, 0.05) is 18.2 Å². The summed E-state index contributed by atoms with van der Waals surface area (Å²) < 4.78 is 18.0. The third-order valence-corrected chi connectivity index (χ3v) is 4.79. The molecule has 11 nitrogen and oxygen atoms in total. The maximum atomic E-state index is 13.0. The van der Waals surface area contributed by atoms with Crippen LogP contribution in [0.2, 0.25) is 1.41 Å². The molecule has 36 heavy (non-hydrogen) atoms. The second kappa shape index (κ2) is 15.9. The number of carbonyl (C=O) groups excluding carboxylic acids is 5. The number of rotatable bonds is 14. The zero-order valence-electron chi connectivity index (χ0n) is 22.1. The Hall–Kier alpha value is -3.89. The van der Waals surface area contributed by atoms with Crippen molar-refractivity contribution < 1.29 is 34.9 Å². The monoisotopic (exact) mass is 505 g/mol. The van der Waals surface area contributed by atoms with Crippen LogP contribution in [0, 0.1) is 5.92 Å². The van der Waals surface area contributed by atoms with Crippen molar-refractivity contribution in [1.29, 1.82) is 0 Å². The van der Waals surface area contributed by atoms with Crippen LogP contribution in [-0.4, -0.2) is 61.5 Å². The largest absolute Gasteiger partial charge is 0.466 e. The molecule has 1 rings (SSSR count). The molecule has 2 atom stereocenters. The van der Waals surface area contributed by atoms with Crippen LogP contribution in [0.25, 0.3) is 6.08 Å². The molecule has 0 heterocycles. The SMILES string of the molecule is [2H]N(C(=O)CNC(=O)/C=C/c1ccc(N)cc1)[C@H](C(=O)N[C@@H](CCC(=O)OCC)C(=O)OCC)C(C)C. The molecule has 0 saturated carbocycles. The highest BCUT2D eigenvalue weighted by Crippen LogP contribution is 2.08. The van der Waals surface area contributed by atoms with Gasteiger partial charge < -0.3 is 31.2 Å². The van der Waals surface area contributed by atoms with Crippen LogP contribution in [-0.2, 0) is 33.4 Å². The van der Waals surface area contributed by atoms with E-state index < -0.39 is 54.2 Å². The van der Waals surface area contributed by atoms with Gasteiger partial charge in [-0.05, 0) is 50.0 Å². The third-order valence-electron chi connectivity index (χ3n) is 4.79. The minimum atomic E-state index is -1.27. The van der Waals surface area contributed by atoms with Crippen molar-refractivity contribution in [3.05, 3.63) is 35.9 Å². The van der Waals surface area contributed by atoms with Gasteiger partial charge in [0.15, 0.2) is 1.41 Å². The van der Waals surface area contributed by atoms with Crippen LogP contribution >= 0.6 is 0 Å². The number of anilines is 1. The lowest BCUT2D eigenvalue weighted by Gasteiger charge is -2.24. The summed E-state index contributed by atoms with van der Waals surface area (Å²) in [6.07, 6.45) is 2.56. The van der Waals surface area contributed by atoms with Crippen LogP contribution in [0.1, 0.15) is 46.1 Å². The molecular weight excluding hydrogens is 468 g/mol. The van der Waals surface area contributed by atoms with Gasteiger partial charge in [0.25, 0.3) is 0 Å². The standard InChI is InChI=1S/C25H36N4O7/c1-5-35-22(32)14-12-19(25(34)36-6-2)28-24(33)23(16(3)4)29-21(31)15-27-20(30)13-9-17-7-10-18(26)11-8-17/h7-11,13,16,19,23H,5-6,12,14-15,26H2,1-4H3,(H,27,30)(H,28,33)(H,29,31)/b13-9+/t19-,23-/m0/s1/i/hD. The molecule has 0 bridgehead atoms. The van der Waals surface area contributed by atoms with Gasteiger partial charge in [-0.2, -0.15) is 0 Å². The van der Waals surface area contributed by atoms with Crippen molar-refractivity contribution in [2.45, 2.75) is 52.6 Å². The molecule has 1 aromatic rings. The second-order valence-electron chi connectivity index (χ2n) is 8.09. The van der Waals surface area contributed by atoms with Gasteiger partial charge in [0.1, 0.15) is 12.1 Å². The molecule has 0 radical (unpaired) electrons. The summed E-state index contributed by atoms with van der Waals surface area (Å²) in [5.41, 5.74) is 6.93. The average Bonchev–Trinajstić information content (AvgIpc) is 2.84. The number of hydrogen-bond donors (Lipinski definition) is 4. The fourth-order valence-corrected chi connectivity index (χ4v) is 2.96. The highest BCUT2D eigenvalue weighted by atomic mass is 16.5. The van der Waals surface area contributed by atoms with Crippen LogP contribution in [0.15, 0.2) is 30.3 Å². The van der Waals surface area contributed by atoms with E-state index in [1.54, 1.807) is 52.0 Å². The van der Waals surface area contributed by atoms with Gasteiger partial charge in [0.2, 0.25) is 17.7 Å². The molecule has 0 aliphatic carbocycles. The summed E-state index contributed by atoms with van der Waals surface area (Å²) in [4.78, 5) is 61.7. The van der Waals surface area contributed by atoms with Gasteiger partial charge in [-0.15, -0.1) is 0 Å². The maximum Gasteiger partial charge on any atom is 0.328 e. The van der Waals surface area contributed by atoms with Gasteiger partial charge in [0.05, 0.1) is 19.8 Å². The summed E-state index contributed by atoms with van der Waals surface area (Å²) in [6, 6.07) is 4.36. The topological polar surface area (TPSA) is 166 Å². The Kier molecular flexibility index (Phi) is 12.5. The fourth-order valence-electron chi connectivity index (χ4n) is 2.96. The molecule has 0 unspecified atom stereocenters. The number of nitrogens with two attached hydrogens (primary N) is 1. The minimum Gasteiger partial charge on any atom is -0.466 e. The van der Waals surface area contributed by atoms with Crippen molar-refractivity contribution in [3.63, 3.8) is 0 Å². The number of hydrogen-bond acceptors (Lipinski definition) is 8. The molecule has 0 saturated heterocycles. The Bertz CT molecular complexity index is 966. The molecule has 198 valence electrons. The molecule has 0 aliphatic heterocycles.